The molecule has 0 aromatic heterocycles. The lowest BCUT2D eigenvalue weighted by Crippen LogP contribution is -2.36. The summed E-state index contributed by atoms with van der Waals surface area (Å²) < 4.78 is 5.50. The van der Waals surface area contributed by atoms with Gasteiger partial charge in [0.05, 0.1) is 6.10 Å². The second-order valence-electron chi connectivity index (χ2n) is 4.31. The van der Waals surface area contributed by atoms with Gasteiger partial charge in [-0.05, 0) is 32.9 Å². The fraction of sp³-hybridized carbons (Fsp3) is 0.833. The Kier molecular flexibility index (Phi) is 7.36. The maximum absolute atomic E-state index is 11.4. The van der Waals surface area contributed by atoms with E-state index in [1.165, 1.54) is 0 Å². The fourth-order valence-electron chi connectivity index (χ4n) is 1.81. The van der Waals surface area contributed by atoms with Crippen LogP contribution in [0, 0.1) is 0 Å². The molecule has 0 aromatic carbocycles. The molecule has 0 aliphatic carbocycles. The highest BCUT2D eigenvalue weighted by Crippen LogP contribution is 2.06. The third-order valence-corrected chi connectivity index (χ3v) is 2.78. The van der Waals surface area contributed by atoms with E-state index < -0.39 is 0 Å². The summed E-state index contributed by atoms with van der Waals surface area (Å²) in [4.78, 5) is 22.6. The van der Waals surface area contributed by atoms with Crippen molar-refractivity contribution in [3.63, 3.8) is 0 Å². The normalized spacial score (nSPS) is 16.3. The molecule has 1 saturated heterocycles. The van der Waals surface area contributed by atoms with Crippen molar-refractivity contribution in [1.29, 1.82) is 0 Å². The Morgan fingerprint density at radius 1 is 1.22 bits per heavy atom. The van der Waals surface area contributed by atoms with Crippen molar-refractivity contribution in [2.24, 2.45) is 0 Å². The lowest BCUT2D eigenvalue weighted by atomic mass is 10.1. The Bertz CT molecular complexity index is 265. The lowest BCUT2D eigenvalue weighted by Gasteiger charge is -2.22. The minimum atomic E-state index is -0.155. The minimum Gasteiger partial charge on any atom is -0.368 e. The van der Waals surface area contributed by atoms with E-state index in [0.29, 0.717) is 19.5 Å². The number of amides is 2. The average molecular weight is 257 g/mol. The summed E-state index contributed by atoms with van der Waals surface area (Å²) in [6.07, 6.45) is 2.39. The van der Waals surface area contributed by atoms with Crippen LogP contribution in [0.25, 0.3) is 0 Å². The molecule has 6 nitrogen and oxygen atoms in total. The molecule has 0 bridgehead atoms. The van der Waals surface area contributed by atoms with Gasteiger partial charge in [-0.2, -0.15) is 0 Å². The molecule has 0 spiro atoms. The first kappa shape index (κ1) is 14.9. The Balaban J connectivity index is 2.01. The van der Waals surface area contributed by atoms with Crippen LogP contribution < -0.4 is 16.0 Å². The summed E-state index contributed by atoms with van der Waals surface area (Å²) in [6, 6.07) is 0. The number of nitrogens with one attached hydrogen (secondary N) is 3. The smallest absolute Gasteiger partial charge is 0.246 e. The van der Waals surface area contributed by atoms with Crippen LogP contribution in [0.2, 0.25) is 0 Å². The molecule has 0 radical (unpaired) electrons. The molecule has 1 rings (SSSR count). The zero-order valence-corrected chi connectivity index (χ0v) is 11.0. The van der Waals surface area contributed by atoms with E-state index in [9.17, 15) is 9.59 Å². The predicted molar refractivity (Wildman–Crippen MR) is 68.2 cm³/mol. The van der Waals surface area contributed by atoms with Gasteiger partial charge >= 0.3 is 0 Å². The number of rotatable bonds is 7. The summed E-state index contributed by atoms with van der Waals surface area (Å²) in [5.74, 6) is -0.199. The van der Waals surface area contributed by atoms with Crippen molar-refractivity contribution in [3.05, 3.63) is 0 Å². The molecular formula is C12H23N3O3. The van der Waals surface area contributed by atoms with E-state index in [1.54, 1.807) is 0 Å². The van der Waals surface area contributed by atoms with Crippen molar-refractivity contribution in [3.8, 4) is 0 Å². The topological polar surface area (TPSA) is 79.5 Å². The molecule has 0 unspecified atom stereocenters. The molecule has 3 N–H and O–H groups in total. The molecule has 18 heavy (non-hydrogen) atoms. The van der Waals surface area contributed by atoms with Gasteiger partial charge in [-0.25, -0.2) is 0 Å². The Labute approximate surface area is 108 Å². The van der Waals surface area contributed by atoms with Gasteiger partial charge in [0.15, 0.2) is 0 Å². The first-order chi connectivity index (χ1) is 8.72. The van der Waals surface area contributed by atoms with Gasteiger partial charge in [-0.3, -0.25) is 9.59 Å². The average Bonchev–Trinajstić information content (AvgIpc) is 2.38. The monoisotopic (exact) mass is 257 g/mol. The zero-order chi connectivity index (χ0) is 13.2. The third-order valence-electron chi connectivity index (χ3n) is 2.78. The lowest BCUT2D eigenvalue weighted by molar-refractivity contribution is -0.128. The van der Waals surface area contributed by atoms with Crippen LogP contribution in [0.4, 0.5) is 0 Å². The van der Waals surface area contributed by atoms with Crippen LogP contribution in [0.5, 0.6) is 0 Å². The molecule has 0 atom stereocenters. The van der Waals surface area contributed by atoms with Gasteiger partial charge in [-0.1, -0.05) is 0 Å². The van der Waals surface area contributed by atoms with E-state index in [1.807, 2.05) is 6.92 Å². The quantitative estimate of drug-likeness (QED) is 0.569. The molecule has 1 aliphatic rings. The summed E-state index contributed by atoms with van der Waals surface area (Å²) in [7, 11) is 0. The fourth-order valence-corrected chi connectivity index (χ4v) is 1.81. The molecule has 104 valence electrons. The summed E-state index contributed by atoms with van der Waals surface area (Å²) in [6.45, 7) is 4.82. The largest absolute Gasteiger partial charge is 0.368 e. The Morgan fingerprint density at radius 3 is 2.61 bits per heavy atom. The number of carbonyl (C=O) groups is 2. The van der Waals surface area contributed by atoms with Crippen molar-refractivity contribution in [2.75, 3.05) is 32.8 Å². The molecular weight excluding hydrogens is 234 g/mol. The first-order valence-electron chi connectivity index (χ1n) is 6.58. The highest BCUT2D eigenvalue weighted by Gasteiger charge is 2.14. The van der Waals surface area contributed by atoms with Gasteiger partial charge < -0.3 is 20.7 Å². The second-order valence-corrected chi connectivity index (χ2v) is 4.31. The van der Waals surface area contributed by atoms with Crippen LogP contribution in [-0.2, 0) is 14.3 Å². The summed E-state index contributed by atoms with van der Waals surface area (Å²) >= 11 is 0. The highest BCUT2D eigenvalue weighted by molar-refractivity contribution is 5.79. The zero-order valence-electron chi connectivity index (χ0n) is 11.0. The molecule has 0 saturated carbocycles. The van der Waals surface area contributed by atoms with Gasteiger partial charge in [0.25, 0.3) is 0 Å². The molecule has 1 fully saturated rings. The van der Waals surface area contributed by atoms with Gasteiger partial charge in [0.1, 0.15) is 6.61 Å². The summed E-state index contributed by atoms with van der Waals surface area (Å²) in [5, 5.41) is 8.58. The van der Waals surface area contributed by atoms with Crippen molar-refractivity contribution >= 4 is 11.8 Å². The number of ether oxygens (including phenoxy) is 1. The van der Waals surface area contributed by atoms with Crippen LogP contribution in [-0.4, -0.2) is 50.7 Å². The molecule has 1 aliphatic heterocycles. The third kappa shape index (κ3) is 6.56. The maximum Gasteiger partial charge on any atom is 0.246 e. The van der Waals surface area contributed by atoms with Crippen molar-refractivity contribution in [2.45, 2.75) is 32.3 Å². The number of carbonyl (C=O) groups excluding carboxylic acids is 2. The van der Waals surface area contributed by atoms with Crippen LogP contribution in [0.15, 0.2) is 0 Å². The predicted octanol–water partition coefficient (Wildman–Crippen LogP) is -0.603. The van der Waals surface area contributed by atoms with Gasteiger partial charge in [0, 0.05) is 19.5 Å². The molecule has 6 heteroatoms. The van der Waals surface area contributed by atoms with Crippen molar-refractivity contribution in [1.82, 2.24) is 16.0 Å². The van der Waals surface area contributed by atoms with Gasteiger partial charge in [-0.15, -0.1) is 0 Å². The first-order valence-corrected chi connectivity index (χ1v) is 6.58. The van der Waals surface area contributed by atoms with Crippen molar-refractivity contribution < 1.29 is 14.3 Å². The Hall–Kier alpha value is -1.14. The molecule has 1 heterocycles. The maximum atomic E-state index is 11.4. The standard InChI is InChI=1S/C12H23N3O3/c1-2-14-11(16)5-8-15-12(17)9-18-10-3-6-13-7-4-10/h10,13H,2-9H2,1H3,(H,14,16)(H,15,17). The minimum absolute atomic E-state index is 0.0444. The van der Waals surface area contributed by atoms with Crippen LogP contribution >= 0.6 is 0 Å². The second kappa shape index (κ2) is 8.88. The van der Waals surface area contributed by atoms with E-state index in [0.717, 1.165) is 25.9 Å². The van der Waals surface area contributed by atoms with Crippen LogP contribution in [0.3, 0.4) is 0 Å². The van der Waals surface area contributed by atoms with E-state index in [-0.39, 0.29) is 24.5 Å². The van der Waals surface area contributed by atoms with E-state index >= 15 is 0 Å². The van der Waals surface area contributed by atoms with E-state index in [2.05, 4.69) is 16.0 Å². The SMILES string of the molecule is CCNC(=O)CCNC(=O)COC1CCNCC1. The number of hydrogen-bond donors (Lipinski definition) is 3. The van der Waals surface area contributed by atoms with E-state index in [4.69, 9.17) is 4.74 Å². The number of hydrogen-bond acceptors (Lipinski definition) is 4. The Morgan fingerprint density at radius 2 is 1.94 bits per heavy atom. The highest BCUT2D eigenvalue weighted by atomic mass is 16.5. The summed E-state index contributed by atoms with van der Waals surface area (Å²) in [5.41, 5.74) is 0. The molecule has 2 amide bonds. The van der Waals surface area contributed by atoms with Crippen LogP contribution in [0.1, 0.15) is 26.2 Å². The molecule has 0 aromatic rings. The number of piperidine rings is 1. The van der Waals surface area contributed by atoms with Gasteiger partial charge in [0.2, 0.25) is 11.8 Å².